The highest BCUT2D eigenvalue weighted by molar-refractivity contribution is 5.82. The van der Waals surface area contributed by atoms with E-state index in [0.29, 0.717) is 32.7 Å². The van der Waals surface area contributed by atoms with E-state index in [2.05, 4.69) is 10.6 Å². The van der Waals surface area contributed by atoms with Crippen LogP contribution in [0.1, 0.15) is 6.92 Å². The number of hydrogen-bond donors (Lipinski definition) is 5. The zero-order valence-electron chi connectivity index (χ0n) is 9.25. The second kappa shape index (κ2) is 7.58. The molecule has 90 valence electrons. The molecule has 1 amide bonds. The largest absolute Gasteiger partial charge is 0.395 e. The molecule has 0 aliphatic carbocycles. The van der Waals surface area contributed by atoms with Gasteiger partial charge in [-0.05, 0) is 6.92 Å². The van der Waals surface area contributed by atoms with Crippen molar-refractivity contribution in [1.82, 2.24) is 10.6 Å². The molecular weight excluding hydrogens is 196 g/mol. The van der Waals surface area contributed by atoms with Gasteiger partial charge in [-0.2, -0.15) is 0 Å². The summed E-state index contributed by atoms with van der Waals surface area (Å²) in [6.45, 7) is 3.83. The SMILES string of the molecule is C[C@](CO)(CNCCN)C(=O)NCCN. The summed E-state index contributed by atoms with van der Waals surface area (Å²) in [5.74, 6) is -0.194. The average molecular weight is 218 g/mol. The Kier molecular flexibility index (Phi) is 7.23. The van der Waals surface area contributed by atoms with Gasteiger partial charge in [0.2, 0.25) is 5.91 Å². The van der Waals surface area contributed by atoms with Crippen LogP contribution in [0.25, 0.3) is 0 Å². The fourth-order valence-corrected chi connectivity index (χ4v) is 1.07. The van der Waals surface area contributed by atoms with Crippen LogP contribution >= 0.6 is 0 Å². The van der Waals surface area contributed by atoms with Crippen LogP contribution in [0.3, 0.4) is 0 Å². The maximum Gasteiger partial charge on any atom is 0.229 e. The van der Waals surface area contributed by atoms with Gasteiger partial charge in [0.1, 0.15) is 0 Å². The third kappa shape index (κ3) is 5.08. The van der Waals surface area contributed by atoms with Crippen LogP contribution in [0.2, 0.25) is 0 Å². The van der Waals surface area contributed by atoms with Gasteiger partial charge in [-0.25, -0.2) is 0 Å². The summed E-state index contributed by atoms with van der Waals surface area (Å²) >= 11 is 0. The van der Waals surface area contributed by atoms with E-state index in [1.165, 1.54) is 0 Å². The summed E-state index contributed by atoms with van der Waals surface area (Å²) in [7, 11) is 0. The number of amides is 1. The summed E-state index contributed by atoms with van der Waals surface area (Å²) in [4.78, 5) is 11.7. The van der Waals surface area contributed by atoms with Crippen molar-refractivity contribution in [3.05, 3.63) is 0 Å². The molecule has 6 nitrogen and oxygen atoms in total. The fourth-order valence-electron chi connectivity index (χ4n) is 1.07. The molecule has 0 saturated heterocycles. The van der Waals surface area contributed by atoms with E-state index in [1.807, 2.05) is 0 Å². The van der Waals surface area contributed by atoms with Crippen molar-refractivity contribution in [3.8, 4) is 0 Å². The van der Waals surface area contributed by atoms with E-state index in [4.69, 9.17) is 11.5 Å². The Morgan fingerprint density at radius 1 is 1.33 bits per heavy atom. The van der Waals surface area contributed by atoms with Crippen molar-refractivity contribution >= 4 is 5.91 Å². The molecule has 0 aromatic rings. The Morgan fingerprint density at radius 3 is 2.40 bits per heavy atom. The Balaban J connectivity index is 4.08. The Bertz CT molecular complexity index is 189. The minimum Gasteiger partial charge on any atom is -0.395 e. The van der Waals surface area contributed by atoms with Crippen molar-refractivity contribution in [2.45, 2.75) is 6.92 Å². The molecule has 0 rings (SSSR count). The van der Waals surface area contributed by atoms with Crippen LogP contribution in [-0.4, -0.2) is 50.3 Å². The Hall–Kier alpha value is -0.690. The average Bonchev–Trinajstić information content (AvgIpc) is 2.25. The van der Waals surface area contributed by atoms with Gasteiger partial charge in [0.05, 0.1) is 12.0 Å². The first-order chi connectivity index (χ1) is 7.10. The summed E-state index contributed by atoms with van der Waals surface area (Å²) in [5, 5.41) is 14.9. The van der Waals surface area contributed by atoms with Crippen LogP contribution in [0, 0.1) is 5.41 Å². The van der Waals surface area contributed by atoms with Crippen LogP contribution in [0.4, 0.5) is 0 Å². The first-order valence-electron chi connectivity index (χ1n) is 5.10. The lowest BCUT2D eigenvalue weighted by Crippen LogP contribution is -2.49. The summed E-state index contributed by atoms with van der Waals surface area (Å²) in [6, 6.07) is 0. The van der Waals surface area contributed by atoms with E-state index >= 15 is 0 Å². The Labute approximate surface area is 90.4 Å². The molecule has 0 heterocycles. The second-order valence-corrected chi connectivity index (χ2v) is 3.73. The Morgan fingerprint density at radius 2 is 1.93 bits per heavy atom. The molecule has 0 saturated carbocycles. The van der Waals surface area contributed by atoms with Gasteiger partial charge in [-0.1, -0.05) is 0 Å². The van der Waals surface area contributed by atoms with Crippen molar-refractivity contribution in [1.29, 1.82) is 0 Å². The van der Waals surface area contributed by atoms with Crippen molar-refractivity contribution in [3.63, 3.8) is 0 Å². The van der Waals surface area contributed by atoms with Crippen molar-refractivity contribution in [2.24, 2.45) is 16.9 Å². The monoisotopic (exact) mass is 218 g/mol. The van der Waals surface area contributed by atoms with E-state index in [9.17, 15) is 9.90 Å². The number of rotatable bonds is 8. The fraction of sp³-hybridized carbons (Fsp3) is 0.889. The first-order valence-corrected chi connectivity index (χ1v) is 5.10. The number of aliphatic hydroxyl groups is 1. The third-order valence-electron chi connectivity index (χ3n) is 2.16. The zero-order chi connectivity index (χ0) is 11.7. The van der Waals surface area contributed by atoms with Gasteiger partial charge in [-0.3, -0.25) is 4.79 Å². The normalized spacial score (nSPS) is 14.7. The van der Waals surface area contributed by atoms with Crippen LogP contribution in [0.15, 0.2) is 0 Å². The number of carbonyl (C=O) groups excluding carboxylic acids is 1. The minimum atomic E-state index is -0.815. The maximum absolute atomic E-state index is 11.7. The van der Waals surface area contributed by atoms with Gasteiger partial charge in [-0.15, -0.1) is 0 Å². The molecule has 0 aromatic heterocycles. The second-order valence-electron chi connectivity index (χ2n) is 3.73. The smallest absolute Gasteiger partial charge is 0.229 e. The molecule has 0 spiro atoms. The topological polar surface area (TPSA) is 113 Å². The molecule has 0 radical (unpaired) electrons. The lowest BCUT2D eigenvalue weighted by Gasteiger charge is -2.26. The van der Waals surface area contributed by atoms with Crippen molar-refractivity contribution in [2.75, 3.05) is 39.3 Å². The highest BCUT2D eigenvalue weighted by Gasteiger charge is 2.31. The van der Waals surface area contributed by atoms with Gasteiger partial charge < -0.3 is 27.2 Å². The lowest BCUT2D eigenvalue weighted by atomic mass is 9.90. The number of aliphatic hydroxyl groups excluding tert-OH is 1. The summed E-state index contributed by atoms with van der Waals surface area (Å²) < 4.78 is 0. The van der Waals surface area contributed by atoms with E-state index in [1.54, 1.807) is 6.92 Å². The number of hydrogen-bond acceptors (Lipinski definition) is 5. The molecule has 7 N–H and O–H groups in total. The third-order valence-corrected chi connectivity index (χ3v) is 2.16. The molecule has 1 atom stereocenters. The predicted molar refractivity (Wildman–Crippen MR) is 59.2 cm³/mol. The maximum atomic E-state index is 11.7. The lowest BCUT2D eigenvalue weighted by molar-refractivity contribution is -0.132. The predicted octanol–water partition coefficient (Wildman–Crippen LogP) is -2.39. The zero-order valence-corrected chi connectivity index (χ0v) is 9.25. The molecule has 15 heavy (non-hydrogen) atoms. The van der Waals surface area contributed by atoms with Gasteiger partial charge in [0.25, 0.3) is 0 Å². The van der Waals surface area contributed by atoms with Crippen molar-refractivity contribution < 1.29 is 9.90 Å². The standard InChI is InChI=1S/C9H22N4O2/c1-9(7-14,6-12-4-2-10)8(15)13-5-3-11/h12,14H,2-7,10-11H2,1H3,(H,13,15)/t9-/m1/s1. The van der Waals surface area contributed by atoms with Gasteiger partial charge in [0, 0.05) is 32.7 Å². The van der Waals surface area contributed by atoms with E-state index < -0.39 is 5.41 Å². The highest BCUT2D eigenvalue weighted by atomic mass is 16.3. The summed E-state index contributed by atoms with van der Waals surface area (Å²) in [6.07, 6.45) is 0. The van der Waals surface area contributed by atoms with Gasteiger partial charge in [0.15, 0.2) is 0 Å². The molecule has 0 fully saturated rings. The molecule has 0 aliphatic rings. The minimum absolute atomic E-state index is 0.194. The molecule has 6 heteroatoms. The summed E-state index contributed by atoms with van der Waals surface area (Å²) in [5.41, 5.74) is 9.77. The van der Waals surface area contributed by atoms with Gasteiger partial charge >= 0.3 is 0 Å². The quantitative estimate of drug-likeness (QED) is 0.292. The molecule has 0 bridgehead atoms. The molecule has 0 aliphatic heterocycles. The molecular formula is C9H22N4O2. The first kappa shape index (κ1) is 14.3. The van der Waals surface area contributed by atoms with Crippen LogP contribution in [0.5, 0.6) is 0 Å². The van der Waals surface area contributed by atoms with Crippen LogP contribution < -0.4 is 22.1 Å². The molecule has 0 unspecified atom stereocenters. The van der Waals surface area contributed by atoms with E-state index in [-0.39, 0.29) is 12.5 Å². The van der Waals surface area contributed by atoms with Crippen LogP contribution in [-0.2, 0) is 4.79 Å². The number of carbonyl (C=O) groups is 1. The highest BCUT2D eigenvalue weighted by Crippen LogP contribution is 2.13. The number of nitrogens with two attached hydrogens (primary N) is 2. The van der Waals surface area contributed by atoms with E-state index in [0.717, 1.165) is 0 Å². The molecule has 0 aromatic carbocycles. The number of nitrogens with one attached hydrogen (secondary N) is 2.